The van der Waals surface area contributed by atoms with Crippen molar-refractivity contribution in [2.45, 2.75) is 24.7 Å². The SMILES string of the molecule is CCOc1ccc(N(CC(=O)N2CCCc3ccccc32)S(=O)(=O)c2ccc(F)cc2)cc1. The zero-order chi connectivity index (χ0) is 23.4. The average Bonchev–Trinajstić information content (AvgIpc) is 2.83. The number of hydrogen-bond donors (Lipinski definition) is 0. The minimum atomic E-state index is -4.13. The van der Waals surface area contributed by atoms with Crippen molar-refractivity contribution in [2.75, 3.05) is 28.9 Å². The van der Waals surface area contributed by atoms with Crippen LogP contribution in [0.25, 0.3) is 0 Å². The molecule has 0 fully saturated rings. The summed E-state index contributed by atoms with van der Waals surface area (Å²) < 4.78 is 47.0. The van der Waals surface area contributed by atoms with E-state index in [0.29, 0.717) is 24.6 Å². The predicted molar refractivity (Wildman–Crippen MR) is 126 cm³/mol. The number of carbonyl (C=O) groups excluding carboxylic acids is 1. The van der Waals surface area contributed by atoms with Gasteiger partial charge in [-0.3, -0.25) is 9.10 Å². The molecule has 0 unspecified atom stereocenters. The molecule has 0 aromatic heterocycles. The van der Waals surface area contributed by atoms with E-state index in [4.69, 9.17) is 4.74 Å². The fraction of sp³-hybridized carbons (Fsp3) is 0.240. The second-order valence-corrected chi connectivity index (χ2v) is 9.53. The molecule has 0 radical (unpaired) electrons. The Morgan fingerprint density at radius 3 is 2.42 bits per heavy atom. The standard InChI is InChI=1S/C25H25FN2O4S/c1-2-32-22-13-11-21(12-14-22)28(33(30,31)23-15-9-20(26)10-16-23)18-25(29)27-17-5-7-19-6-3-4-8-24(19)27/h3-4,6,8-16H,2,5,7,17-18H2,1H3. The van der Waals surface area contributed by atoms with E-state index >= 15 is 0 Å². The highest BCUT2D eigenvalue weighted by Gasteiger charge is 2.31. The number of nitrogens with zero attached hydrogens (tertiary/aromatic N) is 2. The summed E-state index contributed by atoms with van der Waals surface area (Å²) in [5.74, 6) is -0.277. The Morgan fingerprint density at radius 2 is 1.73 bits per heavy atom. The number of hydrogen-bond acceptors (Lipinski definition) is 4. The fourth-order valence-corrected chi connectivity index (χ4v) is 5.34. The molecular formula is C25H25FN2O4S. The van der Waals surface area contributed by atoms with Crippen LogP contribution in [0.15, 0.2) is 77.7 Å². The van der Waals surface area contributed by atoms with Gasteiger partial charge in [-0.1, -0.05) is 18.2 Å². The summed E-state index contributed by atoms with van der Waals surface area (Å²) in [5.41, 5.74) is 2.19. The molecule has 0 bridgehead atoms. The van der Waals surface area contributed by atoms with Crippen LogP contribution in [-0.4, -0.2) is 34.0 Å². The molecule has 172 valence electrons. The minimum absolute atomic E-state index is 0.0929. The number of anilines is 2. The quantitative estimate of drug-likeness (QED) is 0.516. The molecule has 4 rings (SSSR count). The van der Waals surface area contributed by atoms with E-state index in [-0.39, 0.29) is 17.3 Å². The van der Waals surface area contributed by atoms with Crippen LogP contribution >= 0.6 is 0 Å². The maximum absolute atomic E-state index is 13.5. The number of rotatable bonds is 7. The second-order valence-electron chi connectivity index (χ2n) is 7.67. The Hall–Kier alpha value is -3.39. The van der Waals surface area contributed by atoms with Gasteiger partial charge in [-0.2, -0.15) is 0 Å². The summed E-state index contributed by atoms with van der Waals surface area (Å²) >= 11 is 0. The second kappa shape index (κ2) is 9.62. The third-order valence-electron chi connectivity index (χ3n) is 5.53. The van der Waals surface area contributed by atoms with Gasteiger partial charge in [0.2, 0.25) is 5.91 Å². The molecule has 0 spiro atoms. The van der Waals surface area contributed by atoms with Gasteiger partial charge in [0, 0.05) is 12.2 Å². The first-order valence-electron chi connectivity index (χ1n) is 10.8. The normalized spacial score (nSPS) is 13.3. The minimum Gasteiger partial charge on any atom is -0.494 e. The Morgan fingerprint density at radius 1 is 1.03 bits per heavy atom. The molecule has 6 nitrogen and oxygen atoms in total. The molecule has 1 heterocycles. The van der Waals surface area contributed by atoms with Crippen LogP contribution in [0.4, 0.5) is 15.8 Å². The van der Waals surface area contributed by atoms with Crippen LogP contribution in [0, 0.1) is 5.82 Å². The first-order valence-corrected chi connectivity index (χ1v) is 12.2. The van der Waals surface area contributed by atoms with Crippen molar-refractivity contribution in [3.05, 3.63) is 84.2 Å². The van der Waals surface area contributed by atoms with Crippen LogP contribution in [0.3, 0.4) is 0 Å². The number of amides is 1. The van der Waals surface area contributed by atoms with Crippen molar-refractivity contribution < 1.29 is 22.3 Å². The smallest absolute Gasteiger partial charge is 0.264 e. The van der Waals surface area contributed by atoms with Crippen molar-refractivity contribution in [3.8, 4) is 5.75 Å². The van der Waals surface area contributed by atoms with E-state index < -0.39 is 15.8 Å². The number of carbonyl (C=O) groups is 1. The molecule has 1 amide bonds. The van der Waals surface area contributed by atoms with E-state index in [1.165, 1.54) is 12.1 Å². The van der Waals surface area contributed by atoms with E-state index in [1.807, 2.05) is 31.2 Å². The van der Waals surface area contributed by atoms with Gasteiger partial charge in [-0.05, 0) is 79.9 Å². The first-order chi connectivity index (χ1) is 15.9. The summed E-state index contributed by atoms with van der Waals surface area (Å²) in [6.45, 7) is 2.46. The zero-order valence-corrected chi connectivity index (χ0v) is 19.1. The molecule has 33 heavy (non-hydrogen) atoms. The molecule has 1 aliphatic rings. The third kappa shape index (κ3) is 4.85. The van der Waals surface area contributed by atoms with Gasteiger partial charge in [-0.15, -0.1) is 0 Å². The van der Waals surface area contributed by atoms with E-state index in [9.17, 15) is 17.6 Å². The van der Waals surface area contributed by atoms with Crippen molar-refractivity contribution >= 4 is 27.3 Å². The van der Waals surface area contributed by atoms with E-state index in [0.717, 1.165) is 40.5 Å². The lowest BCUT2D eigenvalue weighted by atomic mass is 10.0. The molecule has 0 saturated carbocycles. The number of ether oxygens (including phenoxy) is 1. The van der Waals surface area contributed by atoms with Gasteiger partial charge in [0.15, 0.2) is 0 Å². The monoisotopic (exact) mass is 468 g/mol. The summed E-state index contributed by atoms with van der Waals surface area (Å²) in [6, 6.07) is 18.8. The van der Waals surface area contributed by atoms with Gasteiger partial charge >= 0.3 is 0 Å². The maximum atomic E-state index is 13.5. The lowest BCUT2D eigenvalue weighted by Crippen LogP contribution is -2.45. The number of benzene rings is 3. The Labute approximate surface area is 193 Å². The number of para-hydroxylation sites is 1. The summed E-state index contributed by atoms with van der Waals surface area (Å²) in [4.78, 5) is 14.9. The van der Waals surface area contributed by atoms with Gasteiger partial charge in [0.25, 0.3) is 10.0 Å². The number of sulfonamides is 1. The summed E-state index contributed by atoms with van der Waals surface area (Å²) in [7, 11) is -4.13. The first kappa shape index (κ1) is 22.8. The molecule has 0 aliphatic carbocycles. The van der Waals surface area contributed by atoms with Gasteiger partial charge in [0.05, 0.1) is 17.2 Å². The summed E-state index contributed by atoms with van der Waals surface area (Å²) in [5, 5.41) is 0. The van der Waals surface area contributed by atoms with Crippen LogP contribution < -0.4 is 13.9 Å². The number of fused-ring (bicyclic) bond motifs is 1. The van der Waals surface area contributed by atoms with E-state index in [2.05, 4.69) is 0 Å². The topological polar surface area (TPSA) is 66.9 Å². The molecule has 8 heteroatoms. The van der Waals surface area contributed by atoms with Gasteiger partial charge < -0.3 is 9.64 Å². The predicted octanol–water partition coefficient (Wildman–Crippen LogP) is 4.40. The van der Waals surface area contributed by atoms with Crippen molar-refractivity contribution in [3.63, 3.8) is 0 Å². The van der Waals surface area contributed by atoms with Gasteiger partial charge in [-0.25, -0.2) is 12.8 Å². The van der Waals surface area contributed by atoms with Gasteiger partial charge in [0.1, 0.15) is 18.1 Å². The van der Waals surface area contributed by atoms with Crippen LogP contribution in [0.2, 0.25) is 0 Å². The van der Waals surface area contributed by atoms with Crippen molar-refractivity contribution in [1.82, 2.24) is 0 Å². The highest BCUT2D eigenvalue weighted by atomic mass is 32.2. The summed E-state index contributed by atoms with van der Waals surface area (Å²) in [6.07, 6.45) is 1.67. The third-order valence-corrected chi connectivity index (χ3v) is 7.32. The highest BCUT2D eigenvalue weighted by molar-refractivity contribution is 7.92. The van der Waals surface area contributed by atoms with E-state index in [1.54, 1.807) is 29.2 Å². The number of aryl methyl sites for hydroxylation is 1. The molecule has 1 aliphatic heterocycles. The Balaban J connectivity index is 1.70. The molecule has 0 saturated heterocycles. The molecule has 3 aromatic rings. The zero-order valence-electron chi connectivity index (χ0n) is 18.3. The highest BCUT2D eigenvalue weighted by Crippen LogP contribution is 2.29. The van der Waals surface area contributed by atoms with Crippen LogP contribution in [-0.2, 0) is 21.2 Å². The average molecular weight is 469 g/mol. The lowest BCUT2D eigenvalue weighted by molar-refractivity contribution is -0.117. The molecule has 0 N–H and O–H groups in total. The van der Waals surface area contributed by atoms with Crippen LogP contribution in [0.1, 0.15) is 18.9 Å². The fourth-order valence-electron chi connectivity index (χ4n) is 3.93. The maximum Gasteiger partial charge on any atom is 0.264 e. The van der Waals surface area contributed by atoms with Crippen molar-refractivity contribution in [1.29, 1.82) is 0 Å². The largest absolute Gasteiger partial charge is 0.494 e. The van der Waals surface area contributed by atoms with Crippen molar-refractivity contribution in [2.24, 2.45) is 0 Å². The Kier molecular flexibility index (Phi) is 6.65. The molecule has 0 atom stereocenters. The Bertz CT molecular complexity index is 1230. The van der Waals surface area contributed by atoms with Crippen LogP contribution in [0.5, 0.6) is 5.75 Å². The molecular weight excluding hydrogens is 443 g/mol. The molecule has 3 aromatic carbocycles. The lowest BCUT2D eigenvalue weighted by Gasteiger charge is -2.32. The number of halogens is 1.